The topological polar surface area (TPSA) is 38.9 Å². The second kappa shape index (κ2) is 14.8. The standard InChI is InChI=1S/C60H40N2O/c1-60(48-22-9-4-10-23-48)53-26-13-11-24-49(53)50-30-28-44(37-54(50)60)41-20-15-21-42(32-41)45-33-46(43-29-31-58-52(36-43)51-25-12-14-27-57(51)63-58)35-47(34-45)56-38-55(39-16-5-2-6-17-39)61-59(62-56)40-18-7-3-8-19-40/h2-38H,1H3. The zero-order valence-corrected chi connectivity index (χ0v) is 34.7. The van der Waals surface area contributed by atoms with Crippen LogP contribution in [0.3, 0.4) is 0 Å². The number of fused-ring (bicyclic) bond motifs is 6. The average molecular weight is 805 g/mol. The summed E-state index contributed by atoms with van der Waals surface area (Å²) >= 11 is 0. The van der Waals surface area contributed by atoms with Crippen molar-refractivity contribution in [3.05, 3.63) is 241 Å². The molecule has 0 fully saturated rings. The summed E-state index contributed by atoms with van der Waals surface area (Å²) in [5.41, 5.74) is 19.6. The van der Waals surface area contributed by atoms with Gasteiger partial charge in [0.15, 0.2) is 5.82 Å². The van der Waals surface area contributed by atoms with Gasteiger partial charge in [0.25, 0.3) is 0 Å². The summed E-state index contributed by atoms with van der Waals surface area (Å²) in [6.45, 7) is 2.38. The van der Waals surface area contributed by atoms with E-state index < -0.39 is 0 Å². The Morgan fingerprint density at radius 1 is 0.333 bits per heavy atom. The van der Waals surface area contributed by atoms with Crippen molar-refractivity contribution in [1.29, 1.82) is 0 Å². The first-order valence-electron chi connectivity index (χ1n) is 21.5. The number of furan rings is 1. The maximum Gasteiger partial charge on any atom is 0.160 e. The predicted octanol–water partition coefficient (Wildman–Crippen LogP) is 15.7. The molecule has 1 aliphatic rings. The molecule has 0 amide bonds. The molecule has 296 valence electrons. The Morgan fingerprint density at radius 2 is 0.857 bits per heavy atom. The van der Waals surface area contributed by atoms with Gasteiger partial charge in [-0.25, -0.2) is 9.97 Å². The summed E-state index contributed by atoms with van der Waals surface area (Å²) in [5.74, 6) is 0.688. The maximum absolute atomic E-state index is 6.26. The van der Waals surface area contributed by atoms with Crippen LogP contribution >= 0.6 is 0 Å². The molecule has 0 saturated heterocycles. The van der Waals surface area contributed by atoms with Gasteiger partial charge in [0, 0.05) is 32.9 Å². The minimum Gasteiger partial charge on any atom is -0.456 e. The second-order valence-electron chi connectivity index (χ2n) is 16.7. The Balaban J connectivity index is 1.03. The molecule has 0 aliphatic heterocycles. The van der Waals surface area contributed by atoms with E-state index >= 15 is 0 Å². The van der Waals surface area contributed by atoms with Gasteiger partial charge in [0.05, 0.1) is 11.4 Å². The molecule has 0 spiro atoms. The number of nitrogens with zero attached hydrogens (tertiary/aromatic N) is 2. The number of para-hydroxylation sites is 1. The smallest absolute Gasteiger partial charge is 0.160 e. The summed E-state index contributed by atoms with van der Waals surface area (Å²) in [7, 11) is 0. The highest BCUT2D eigenvalue weighted by atomic mass is 16.3. The van der Waals surface area contributed by atoms with Gasteiger partial charge in [0.1, 0.15) is 11.2 Å². The van der Waals surface area contributed by atoms with Gasteiger partial charge in [-0.1, -0.05) is 170 Å². The Bertz CT molecular complexity index is 3460. The van der Waals surface area contributed by atoms with Crippen molar-refractivity contribution in [3.63, 3.8) is 0 Å². The monoisotopic (exact) mass is 804 g/mol. The van der Waals surface area contributed by atoms with E-state index in [-0.39, 0.29) is 5.41 Å². The lowest BCUT2D eigenvalue weighted by Gasteiger charge is -2.28. The molecule has 0 saturated carbocycles. The lowest BCUT2D eigenvalue weighted by molar-refractivity contribution is 0.669. The minimum atomic E-state index is -0.278. The van der Waals surface area contributed by atoms with Crippen molar-refractivity contribution in [2.75, 3.05) is 0 Å². The van der Waals surface area contributed by atoms with E-state index in [0.29, 0.717) is 5.82 Å². The Morgan fingerprint density at radius 3 is 1.63 bits per heavy atom. The summed E-state index contributed by atoms with van der Waals surface area (Å²) in [4.78, 5) is 10.4. The lowest BCUT2D eigenvalue weighted by atomic mass is 9.74. The van der Waals surface area contributed by atoms with Gasteiger partial charge < -0.3 is 4.42 Å². The van der Waals surface area contributed by atoms with Crippen molar-refractivity contribution in [1.82, 2.24) is 9.97 Å². The molecule has 3 nitrogen and oxygen atoms in total. The Hall–Kier alpha value is -8.14. The SMILES string of the molecule is CC1(c2ccccc2)c2ccccc2-c2ccc(-c3cccc(-c4cc(-c5ccc6oc7ccccc7c6c5)cc(-c5cc(-c6ccccc6)nc(-c6ccccc6)n5)c4)c3)cc21. The predicted molar refractivity (Wildman–Crippen MR) is 259 cm³/mol. The van der Waals surface area contributed by atoms with Crippen LogP contribution in [-0.2, 0) is 5.41 Å². The van der Waals surface area contributed by atoms with Gasteiger partial charge in [0.2, 0.25) is 0 Å². The van der Waals surface area contributed by atoms with Crippen molar-refractivity contribution in [3.8, 4) is 78.4 Å². The van der Waals surface area contributed by atoms with E-state index in [9.17, 15) is 0 Å². The van der Waals surface area contributed by atoms with E-state index in [1.165, 1.54) is 38.9 Å². The molecular formula is C60H40N2O. The first kappa shape index (κ1) is 36.7. The molecule has 9 aromatic carbocycles. The van der Waals surface area contributed by atoms with Gasteiger partial charge in [-0.15, -0.1) is 0 Å². The van der Waals surface area contributed by atoms with Crippen LogP contribution in [0.1, 0.15) is 23.6 Å². The van der Waals surface area contributed by atoms with Gasteiger partial charge >= 0.3 is 0 Å². The van der Waals surface area contributed by atoms with Crippen LogP contribution in [0.4, 0.5) is 0 Å². The van der Waals surface area contributed by atoms with Crippen LogP contribution in [0, 0.1) is 0 Å². The van der Waals surface area contributed by atoms with Crippen LogP contribution in [0.15, 0.2) is 229 Å². The lowest BCUT2D eigenvalue weighted by Crippen LogP contribution is -2.22. The molecule has 3 heteroatoms. The van der Waals surface area contributed by atoms with Crippen LogP contribution in [0.2, 0.25) is 0 Å². The quantitative estimate of drug-likeness (QED) is 0.161. The number of benzene rings is 9. The Kier molecular flexibility index (Phi) is 8.62. The van der Waals surface area contributed by atoms with Crippen molar-refractivity contribution in [2.24, 2.45) is 0 Å². The number of aromatic nitrogens is 2. The highest BCUT2D eigenvalue weighted by molar-refractivity contribution is 6.06. The molecule has 1 unspecified atom stereocenters. The number of hydrogen-bond acceptors (Lipinski definition) is 3. The fraction of sp³-hybridized carbons (Fsp3) is 0.0333. The van der Waals surface area contributed by atoms with Gasteiger partial charge in [-0.05, 0) is 123 Å². The van der Waals surface area contributed by atoms with Crippen molar-refractivity contribution < 1.29 is 4.42 Å². The van der Waals surface area contributed by atoms with Gasteiger partial charge in [-0.3, -0.25) is 0 Å². The minimum absolute atomic E-state index is 0.278. The van der Waals surface area contributed by atoms with E-state index in [0.717, 1.165) is 72.3 Å². The molecule has 1 aliphatic carbocycles. The van der Waals surface area contributed by atoms with E-state index in [4.69, 9.17) is 14.4 Å². The van der Waals surface area contributed by atoms with Crippen LogP contribution in [0.5, 0.6) is 0 Å². The molecule has 12 rings (SSSR count). The fourth-order valence-electron chi connectivity index (χ4n) is 9.71. The highest BCUT2D eigenvalue weighted by Crippen LogP contribution is 2.53. The van der Waals surface area contributed by atoms with E-state index in [2.05, 4.69) is 195 Å². The van der Waals surface area contributed by atoms with Crippen LogP contribution in [0.25, 0.3) is 100 Å². The third-order valence-corrected chi connectivity index (χ3v) is 13.0. The normalized spacial score (nSPS) is 14.2. The molecule has 2 heterocycles. The van der Waals surface area contributed by atoms with Crippen LogP contribution < -0.4 is 0 Å². The zero-order chi connectivity index (χ0) is 41.9. The maximum atomic E-state index is 6.26. The Labute approximate surface area is 366 Å². The third-order valence-electron chi connectivity index (χ3n) is 13.0. The molecule has 0 bridgehead atoms. The first-order chi connectivity index (χ1) is 31.1. The largest absolute Gasteiger partial charge is 0.456 e. The molecule has 0 N–H and O–H groups in total. The van der Waals surface area contributed by atoms with Crippen molar-refractivity contribution >= 4 is 21.9 Å². The number of hydrogen-bond donors (Lipinski definition) is 0. The third kappa shape index (κ3) is 6.28. The molecule has 0 radical (unpaired) electrons. The summed E-state index contributed by atoms with van der Waals surface area (Å²) in [6, 6.07) is 80.2. The van der Waals surface area contributed by atoms with Crippen molar-refractivity contribution in [2.45, 2.75) is 12.3 Å². The molecule has 1 atom stereocenters. The average Bonchev–Trinajstić information content (AvgIpc) is 3.87. The summed E-state index contributed by atoms with van der Waals surface area (Å²) < 4.78 is 6.26. The zero-order valence-electron chi connectivity index (χ0n) is 34.7. The summed E-state index contributed by atoms with van der Waals surface area (Å²) in [5, 5.41) is 2.20. The molecule has 63 heavy (non-hydrogen) atoms. The number of rotatable bonds is 7. The molecular weight excluding hydrogens is 765 g/mol. The van der Waals surface area contributed by atoms with E-state index in [1.807, 2.05) is 36.4 Å². The second-order valence-corrected chi connectivity index (χ2v) is 16.7. The molecule has 2 aromatic heterocycles. The molecule has 11 aromatic rings. The highest BCUT2D eigenvalue weighted by Gasteiger charge is 2.40. The van der Waals surface area contributed by atoms with E-state index in [1.54, 1.807) is 0 Å². The first-order valence-corrected chi connectivity index (χ1v) is 21.5. The van der Waals surface area contributed by atoms with Gasteiger partial charge in [-0.2, -0.15) is 0 Å². The fourth-order valence-corrected chi connectivity index (χ4v) is 9.71. The summed E-state index contributed by atoms with van der Waals surface area (Å²) in [6.07, 6.45) is 0. The van der Waals surface area contributed by atoms with Crippen LogP contribution in [-0.4, -0.2) is 9.97 Å².